The van der Waals surface area contributed by atoms with Crippen molar-refractivity contribution in [3.63, 3.8) is 0 Å². The molecule has 0 bridgehead atoms. The molecule has 0 aliphatic heterocycles. The Labute approximate surface area is 94.4 Å². The number of nitrogens with two attached hydrogens (primary N) is 1. The third-order valence-electron chi connectivity index (χ3n) is 2.95. The maximum absolute atomic E-state index is 13.2. The zero-order valence-electron chi connectivity index (χ0n) is 8.55. The summed E-state index contributed by atoms with van der Waals surface area (Å²) in [5, 5.41) is 0.160. The van der Waals surface area contributed by atoms with Crippen LogP contribution in [0.2, 0.25) is 5.02 Å². The molecule has 1 aliphatic carbocycles. The fraction of sp³-hybridized carbons (Fsp3) is 0.500. The van der Waals surface area contributed by atoms with Crippen molar-refractivity contribution in [2.75, 3.05) is 0 Å². The second kappa shape index (κ2) is 4.50. The Hall–Kier alpha value is -0.600. The largest absolute Gasteiger partial charge is 0.324 e. The zero-order chi connectivity index (χ0) is 10.8. The molecule has 1 fully saturated rings. The van der Waals surface area contributed by atoms with Gasteiger partial charge in [0, 0.05) is 6.04 Å². The minimum Gasteiger partial charge on any atom is -0.324 e. The molecule has 0 heterocycles. The minimum absolute atomic E-state index is 0.0580. The molecule has 82 valence electrons. The van der Waals surface area contributed by atoms with Gasteiger partial charge >= 0.3 is 0 Å². The number of halogens is 2. The van der Waals surface area contributed by atoms with Gasteiger partial charge in [-0.25, -0.2) is 4.39 Å². The van der Waals surface area contributed by atoms with E-state index in [0.29, 0.717) is 0 Å². The number of rotatable bonds is 4. The van der Waals surface area contributed by atoms with Crippen LogP contribution in [0.25, 0.3) is 0 Å². The van der Waals surface area contributed by atoms with Crippen molar-refractivity contribution in [1.29, 1.82) is 0 Å². The summed E-state index contributed by atoms with van der Waals surface area (Å²) in [7, 11) is 0. The van der Waals surface area contributed by atoms with Crippen LogP contribution in [-0.4, -0.2) is 0 Å². The van der Waals surface area contributed by atoms with Gasteiger partial charge in [0.15, 0.2) is 0 Å². The lowest BCUT2D eigenvalue weighted by Gasteiger charge is -2.11. The van der Waals surface area contributed by atoms with Crippen LogP contribution in [0.1, 0.15) is 37.3 Å². The Balaban J connectivity index is 1.97. The average Bonchev–Trinajstić information content (AvgIpc) is 3.02. The lowest BCUT2D eigenvalue weighted by Crippen LogP contribution is -2.10. The molecule has 1 unspecified atom stereocenters. The van der Waals surface area contributed by atoms with Gasteiger partial charge in [-0.2, -0.15) is 0 Å². The van der Waals surface area contributed by atoms with Crippen LogP contribution in [0.15, 0.2) is 18.2 Å². The first-order valence-corrected chi connectivity index (χ1v) is 5.75. The first-order chi connectivity index (χ1) is 7.16. The molecule has 2 N–H and O–H groups in total. The SMILES string of the molecule is NC(CCC1CC1)c1ccc(Cl)c(F)c1. The molecule has 0 amide bonds. The highest BCUT2D eigenvalue weighted by atomic mass is 35.5. The lowest BCUT2D eigenvalue weighted by molar-refractivity contribution is 0.567. The Morgan fingerprint density at radius 3 is 2.80 bits per heavy atom. The summed E-state index contributed by atoms with van der Waals surface area (Å²) < 4.78 is 13.2. The lowest BCUT2D eigenvalue weighted by atomic mass is 10.0. The van der Waals surface area contributed by atoms with Crippen molar-refractivity contribution in [2.45, 2.75) is 31.7 Å². The van der Waals surface area contributed by atoms with Crippen molar-refractivity contribution >= 4 is 11.6 Å². The fourth-order valence-corrected chi connectivity index (χ4v) is 1.85. The standard InChI is InChI=1S/C12H15ClFN/c13-10-5-4-9(7-11(10)14)12(15)6-3-8-1-2-8/h4-5,7-8,12H,1-3,6,15H2. The van der Waals surface area contributed by atoms with E-state index in [-0.39, 0.29) is 16.9 Å². The molecule has 1 saturated carbocycles. The summed E-state index contributed by atoms with van der Waals surface area (Å²) in [6.45, 7) is 0. The molecule has 0 aromatic heterocycles. The molecule has 1 aromatic carbocycles. The zero-order valence-corrected chi connectivity index (χ0v) is 9.30. The maximum atomic E-state index is 13.2. The quantitative estimate of drug-likeness (QED) is 0.835. The van der Waals surface area contributed by atoms with Gasteiger partial charge in [-0.05, 0) is 36.5 Å². The van der Waals surface area contributed by atoms with Gasteiger partial charge in [0.05, 0.1) is 5.02 Å². The van der Waals surface area contributed by atoms with Crippen LogP contribution in [0, 0.1) is 11.7 Å². The molecule has 0 saturated heterocycles. The van der Waals surface area contributed by atoms with E-state index in [0.717, 1.165) is 24.3 Å². The summed E-state index contributed by atoms with van der Waals surface area (Å²) in [6, 6.07) is 4.77. The van der Waals surface area contributed by atoms with Crippen molar-refractivity contribution in [3.8, 4) is 0 Å². The van der Waals surface area contributed by atoms with Crippen LogP contribution in [0.3, 0.4) is 0 Å². The third kappa shape index (κ3) is 2.93. The van der Waals surface area contributed by atoms with E-state index in [1.165, 1.54) is 18.9 Å². The molecule has 3 heteroatoms. The monoisotopic (exact) mass is 227 g/mol. The summed E-state index contributed by atoms with van der Waals surface area (Å²) in [5.41, 5.74) is 6.83. The molecule has 15 heavy (non-hydrogen) atoms. The van der Waals surface area contributed by atoms with E-state index in [2.05, 4.69) is 0 Å². The maximum Gasteiger partial charge on any atom is 0.142 e. The Bertz CT molecular complexity index is 349. The number of hydrogen-bond acceptors (Lipinski definition) is 1. The van der Waals surface area contributed by atoms with Gasteiger partial charge in [-0.15, -0.1) is 0 Å². The van der Waals surface area contributed by atoms with Gasteiger partial charge in [0.1, 0.15) is 5.82 Å². The van der Waals surface area contributed by atoms with Gasteiger partial charge < -0.3 is 5.73 Å². The summed E-state index contributed by atoms with van der Waals surface area (Å²) in [4.78, 5) is 0. The fourth-order valence-electron chi connectivity index (χ4n) is 1.73. The minimum atomic E-state index is -0.379. The average molecular weight is 228 g/mol. The van der Waals surface area contributed by atoms with E-state index in [4.69, 9.17) is 17.3 Å². The van der Waals surface area contributed by atoms with Crippen LogP contribution in [0.4, 0.5) is 4.39 Å². The summed E-state index contributed by atoms with van der Waals surface area (Å²) in [6.07, 6.45) is 4.76. The molecule has 0 radical (unpaired) electrons. The summed E-state index contributed by atoms with van der Waals surface area (Å²) >= 11 is 5.61. The highest BCUT2D eigenvalue weighted by molar-refractivity contribution is 6.30. The highest BCUT2D eigenvalue weighted by Crippen LogP contribution is 2.35. The normalized spacial score (nSPS) is 17.8. The van der Waals surface area contributed by atoms with Crippen molar-refractivity contribution < 1.29 is 4.39 Å². The van der Waals surface area contributed by atoms with E-state index in [9.17, 15) is 4.39 Å². The van der Waals surface area contributed by atoms with Crippen molar-refractivity contribution in [1.82, 2.24) is 0 Å². The first-order valence-electron chi connectivity index (χ1n) is 5.37. The van der Waals surface area contributed by atoms with E-state index < -0.39 is 0 Å². The molecule has 1 nitrogen and oxygen atoms in total. The van der Waals surface area contributed by atoms with E-state index >= 15 is 0 Å². The van der Waals surface area contributed by atoms with Gasteiger partial charge in [-0.3, -0.25) is 0 Å². The van der Waals surface area contributed by atoms with E-state index in [1.54, 1.807) is 6.07 Å². The van der Waals surface area contributed by atoms with Crippen LogP contribution in [0.5, 0.6) is 0 Å². The topological polar surface area (TPSA) is 26.0 Å². The smallest absolute Gasteiger partial charge is 0.142 e. The molecular weight excluding hydrogens is 213 g/mol. The molecule has 1 atom stereocenters. The Morgan fingerprint density at radius 2 is 2.20 bits per heavy atom. The van der Waals surface area contributed by atoms with Crippen molar-refractivity contribution in [3.05, 3.63) is 34.6 Å². The first kappa shape index (κ1) is 10.9. The number of hydrogen-bond donors (Lipinski definition) is 1. The summed E-state index contributed by atoms with van der Waals surface area (Å²) in [5.74, 6) is 0.490. The highest BCUT2D eigenvalue weighted by Gasteiger charge is 2.22. The van der Waals surface area contributed by atoms with E-state index in [1.807, 2.05) is 6.07 Å². The van der Waals surface area contributed by atoms with Gasteiger partial charge in [-0.1, -0.05) is 30.5 Å². The number of benzene rings is 1. The van der Waals surface area contributed by atoms with Crippen LogP contribution < -0.4 is 5.73 Å². The Morgan fingerprint density at radius 1 is 1.47 bits per heavy atom. The predicted molar refractivity (Wildman–Crippen MR) is 60.3 cm³/mol. The third-order valence-corrected chi connectivity index (χ3v) is 3.26. The van der Waals surface area contributed by atoms with Crippen LogP contribution in [-0.2, 0) is 0 Å². The molecular formula is C12H15ClFN. The molecule has 0 spiro atoms. The van der Waals surface area contributed by atoms with Crippen molar-refractivity contribution in [2.24, 2.45) is 11.7 Å². The molecule has 2 rings (SSSR count). The Kier molecular flexibility index (Phi) is 3.27. The van der Waals surface area contributed by atoms with Gasteiger partial charge in [0.2, 0.25) is 0 Å². The second-order valence-corrected chi connectivity index (χ2v) is 4.71. The predicted octanol–water partition coefficient (Wildman–Crippen LogP) is 3.67. The van der Waals surface area contributed by atoms with Gasteiger partial charge in [0.25, 0.3) is 0 Å². The molecule has 1 aliphatic rings. The van der Waals surface area contributed by atoms with Crippen LogP contribution >= 0.6 is 11.6 Å². The second-order valence-electron chi connectivity index (χ2n) is 4.30. The molecule has 1 aromatic rings.